The predicted octanol–water partition coefficient (Wildman–Crippen LogP) is 7.65. The molecule has 1 amide bonds. The summed E-state index contributed by atoms with van der Waals surface area (Å²) in [6.07, 6.45) is -0.210. The molecule has 12 nitrogen and oxygen atoms in total. The lowest BCUT2D eigenvalue weighted by atomic mass is 10.00. The summed E-state index contributed by atoms with van der Waals surface area (Å²) >= 11 is 0. The molecular formula is C37H29F5N6O6. The minimum atomic E-state index is -4.74. The minimum Gasteiger partial charge on any atom is -0.469 e. The number of anilines is 1. The number of benzene rings is 3. The van der Waals surface area contributed by atoms with E-state index in [0.29, 0.717) is 34.0 Å². The molecule has 6 aromatic rings. The molecule has 1 N–H and O–H groups in total. The lowest BCUT2D eigenvalue weighted by Crippen LogP contribution is -2.30. The number of amides is 1. The van der Waals surface area contributed by atoms with Crippen molar-refractivity contribution >= 4 is 28.6 Å². The van der Waals surface area contributed by atoms with Crippen LogP contribution >= 0.6 is 0 Å². The Hall–Kier alpha value is -6.52. The lowest BCUT2D eigenvalue weighted by Gasteiger charge is -2.18. The maximum Gasteiger partial charge on any atom is 0.435 e. The van der Waals surface area contributed by atoms with Crippen molar-refractivity contribution in [1.82, 2.24) is 24.1 Å². The van der Waals surface area contributed by atoms with Gasteiger partial charge in [0.05, 0.1) is 23.6 Å². The molecule has 0 spiro atoms. The Labute approximate surface area is 302 Å². The van der Waals surface area contributed by atoms with E-state index in [9.17, 15) is 31.9 Å². The smallest absolute Gasteiger partial charge is 0.435 e. The van der Waals surface area contributed by atoms with E-state index in [-0.39, 0.29) is 22.9 Å². The highest BCUT2D eigenvalue weighted by molar-refractivity contribution is 6.04. The molecule has 0 bridgehead atoms. The quantitative estimate of drug-likeness (QED) is 0.157. The highest BCUT2D eigenvalue weighted by Gasteiger charge is 2.30. The number of pyridine rings is 1. The van der Waals surface area contributed by atoms with Crippen LogP contribution in [0.4, 0.5) is 32.4 Å². The number of nitrogens with zero attached hydrogens (tertiary/aromatic N) is 5. The average Bonchev–Trinajstić information content (AvgIpc) is 3.85. The first-order valence-corrected chi connectivity index (χ1v) is 16.3. The van der Waals surface area contributed by atoms with Gasteiger partial charge in [-0.3, -0.25) is 14.3 Å². The number of hydrogen-bond donors (Lipinski definition) is 1. The van der Waals surface area contributed by atoms with Crippen LogP contribution in [0.5, 0.6) is 17.4 Å². The van der Waals surface area contributed by atoms with E-state index in [4.69, 9.17) is 14.2 Å². The molecule has 0 unspecified atom stereocenters. The van der Waals surface area contributed by atoms with Crippen molar-refractivity contribution in [3.63, 3.8) is 0 Å². The van der Waals surface area contributed by atoms with Crippen molar-refractivity contribution in [2.75, 3.05) is 11.9 Å². The van der Waals surface area contributed by atoms with E-state index >= 15 is 4.39 Å². The molecule has 7 rings (SSSR count). The third kappa shape index (κ3) is 7.24. The van der Waals surface area contributed by atoms with Gasteiger partial charge in [0.1, 0.15) is 22.7 Å². The normalized spacial score (nSPS) is 12.6. The van der Waals surface area contributed by atoms with Crippen LogP contribution in [0.25, 0.3) is 27.7 Å². The summed E-state index contributed by atoms with van der Waals surface area (Å²) in [7, 11) is 0. The summed E-state index contributed by atoms with van der Waals surface area (Å²) in [5, 5.41) is 11.7. The number of halogens is 5. The van der Waals surface area contributed by atoms with Crippen LogP contribution < -0.4 is 20.3 Å². The maximum absolute atomic E-state index is 15.7. The fraction of sp³-hybridized carbons (Fsp3) is 0.216. The van der Waals surface area contributed by atoms with Crippen LogP contribution in [0.15, 0.2) is 84.0 Å². The summed E-state index contributed by atoms with van der Waals surface area (Å²) in [5.74, 6) is -3.11. The van der Waals surface area contributed by atoms with Crippen LogP contribution in [-0.4, -0.2) is 54.5 Å². The zero-order valence-electron chi connectivity index (χ0n) is 28.7. The minimum absolute atomic E-state index is 0.0682. The molecule has 0 saturated carbocycles. The number of rotatable bonds is 8. The van der Waals surface area contributed by atoms with Gasteiger partial charge in [0.15, 0.2) is 18.2 Å². The van der Waals surface area contributed by atoms with E-state index < -0.39 is 59.0 Å². The molecule has 1 aliphatic heterocycles. The van der Waals surface area contributed by atoms with Crippen molar-refractivity contribution in [2.24, 2.45) is 0 Å². The number of ether oxygens (including phenoxy) is 3. The van der Waals surface area contributed by atoms with E-state index in [0.717, 1.165) is 58.2 Å². The highest BCUT2D eigenvalue weighted by Crippen LogP contribution is 2.43. The summed E-state index contributed by atoms with van der Waals surface area (Å²) in [5.41, 5.74) is 0.220. The Morgan fingerprint density at radius 3 is 2.39 bits per heavy atom. The number of nitrogens with one attached hydrogen (secondary N) is 1. The number of aryl methyl sites for hydroxylation is 2. The van der Waals surface area contributed by atoms with Crippen molar-refractivity contribution in [1.29, 1.82) is 0 Å². The summed E-state index contributed by atoms with van der Waals surface area (Å²) in [4.78, 5) is 39.5. The molecule has 0 fully saturated rings. The van der Waals surface area contributed by atoms with E-state index in [2.05, 4.69) is 15.5 Å². The Kier molecular flexibility index (Phi) is 8.95. The summed E-state index contributed by atoms with van der Waals surface area (Å²) < 4.78 is 88.0. The Morgan fingerprint density at radius 1 is 0.926 bits per heavy atom. The molecule has 0 atom stereocenters. The van der Waals surface area contributed by atoms with Crippen molar-refractivity contribution in [3.8, 4) is 34.2 Å². The van der Waals surface area contributed by atoms with Gasteiger partial charge >= 0.3 is 12.3 Å². The second-order valence-electron chi connectivity index (χ2n) is 13.3. The molecule has 1 aliphatic rings. The standard InChI is InChI=1S/C37H29F5N6O6/c1-36(2,3)54-35(51)47-18-21(16-43-47)31-26-17-44-46-13-12-20(32(26)46)14-29(31)53-28-10-6-23(15-27(28)39)45-33(49)25-9-11-30(52-19-37(40,41)42)48(34(25)50)24-7-4-22(38)5-8-24/h4-11,14-18H,12-13,19H2,1-3H3,(H,45,49). The first-order chi connectivity index (χ1) is 25.5. The van der Waals surface area contributed by atoms with Crippen LogP contribution in [0.3, 0.4) is 0 Å². The van der Waals surface area contributed by atoms with Crippen LogP contribution in [-0.2, 0) is 17.7 Å². The topological polar surface area (TPSA) is 132 Å². The van der Waals surface area contributed by atoms with E-state index in [1.807, 2.05) is 4.68 Å². The number of carbonyl (C=O) groups is 2. The average molecular weight is 749 g/mol. The summed E-state index contributed by atoms with van der Waals surface area (Å²) in [6.45, 7) is 4.07. The second-order valence-corrected chi connectivity index (χ2v) is 13.3. The van der Waals surface area contributed by atoms with Gasteiger partial charge in [0.2, 0.25) is 5.88 Å². The van der Waals surface area contributed by atoms with Gasteiger partial charge in [-0.25, -0.2) is 18.1 Å². The Balaban J connectivity index is 1.17. The number of carbonyl (C=O) groups excluding carboxylic acids is 2. The van der Waals surface area contributed by atoms with Gasteiger partial charge in [-0.1, -0.05) is 0 Å². The first kappa shape index (κ1) is 35.9. The van der Waals surface area contributed by atoms with Crippen LogP contribution in [0.2, 0.25) is 0 Å². The van der Waals surface area contributed by atoms with Gasteiger partial charge in [0, 0.05) is 41.0 Å². The zero-order chi connectivity index (χ0) is 38.5. The predicted molar refractivity (Wildman–Crippen MR) is 184 cm³/mol. The maximum atomic E-state index is 15.7. The first-order valence-electron chi connectivity index (χ1n) is 16.3. The molecule has 4 heterocycles. The Bertz CT molecular complexity index is 2500. The molecule has 17 heteroatoms. The van der Waals surface area contributed by atoms with Crippen molar-refractivity contribution < 1.29 is 45.8 Å². The third-order valence-electron chi connectivity index (χ3n) is 8.18. The molecule has 0 saturated heterocycles. The molecule has 3 aromatic carbocycles. The third-order valence-corrected chi connectivity index (χ3v) is 8.18. The van der Waals surface area contributed by atoms with Gasteiger partial charge in [-0.15, -0.1) is 0 Å². The van der Waals surface area contributed by atoms with Crippen LogP contribution in [0.1, 0.15) is 36.7 Å². The number of alkyl halides is 3. The van der Waals surface area contributed by atoms with Crippen molar-refractivity contribution in [3.05, 3.63) is 112 Å². The van der Waals surface area contributed by atoms with Gasteiger partial charge < -0.3 is 19.5 Å². The number of aromatic nitrogens is 5. The van der Waals surface area contributed by atoms with Gasteiger partial charge in [0.25, 0.3) is 11.5 Å². The lowest BCUT2D eigenvalue weighted by molar-refractivity contribution is -0.154. The fourth-order valence-corrected chi connectivity index (χ4v) is 5.94. The zero-order valence-corrected chi connectivity index (χ0v) is 28.7. The molecule has 278 valence electrons. The Morgan fingerprint density at radius 2 is 1.69 bits per heavy atom. The largest absolute Gasteiger partial charge is 0.469 e. The summed E-state index contributed by atoms with van der Waals surface area (Å²) in [6, 6.07) is 11.5. The molecule has 3 aromatic heterocycles. The molecule has 0 radical (unpaired) electrons. The van der Waals surface area contributed by atoms with Gasteiger partial charge in [-0.05, 0) is 87.4 Å². The van der Waals surface area contributed by atoms with E-state index in [1.165, 1.54) is 24.5 Å². The second kappa shape index (κ2) is 13.5. The monoisotopic (exact) mass is 748 g/mol. The SMILES string of the molecule is CC(C)(C)OC(=O)n1cc(-c2c(Oc3ccc(NC(=O)c4ccc(OCC(F)(F)F)n(-c5ccc(F)cc5)c4=O)cc3F)cc3c4c2cnn4CC3)cn1. The van der Waals surface area contributed by atoms with Gasteiger partial charge in [-0.2, -0.15) is 28.1 Å². The molecular weight excluding hydrogens is 719 g/mol. The molecule has 54 heavy (non-hydrogen) atoms. The van der Waals surface area contributed by atoms with Crippen molar-refractivity contribution in [2.45, 2.75) is 45.5 Å². The van der Waals surface area contributed by atoms with E-state index in [1.54, 1.807) is 33.0 Å². The molecule has 0 aliphatic carbocycles. The highest BCUT2D eigenvalue weighted by atomic mass is 19.4. The fourth-order valence-electron chi connectivity index (χ4n) is 5.94. The van der Waals surface area contributed by atoms with Crippen LogP contribution in [0, 0.1) is 11.6 Å². The number of hydrogen-bond acceptors (Lipinski definition) is 8.